The number of carbonyl (C=O) groups is 1. The molecule has 0 spiro atoms. The second-order valence-electron chi connectivity index (χ2n) is 4.39. The van der Waals surface area contributed by atoms with Crippen molar-refractivity contribution in [3.63, 3.8) is 0 Å². The molecule has 0 aliphatic heterocycles. The average molecular weight is 320 g/mol. The minimum Gasteiger partial charge on any atom is -0.305 e. The normalized spacial score (nSPS) is 11.0. The van der Waals surface area contributed by atoms with E-state index in [4.69, 9.17) is 0 Å². The van der Waals surface area contributed by atoms with Gasteiger partial charge in [-0.15, -0.1) is 22.7 Å². The molecule has 3 rings (SSSR count). The van der Waals surface area contributed by atoms with Crippen LogP contribution in [0.25, 0.3) is 4.96 Å². The van der Waals surface area contributed by atoms with Crippen molar-refractivity contribution in [3.8, 4) is 0 Å². The van der Waals surface area contributed by atoms with Gasteiger partial charge in [-0.25, -0.2) is 0 Å². The van der Waals surface area contributed by atoms with Gasteiger partial charge in [-0.3, -0.25) is 9.59 Å². The van der Waals surface area contributed by atoms with Crippen LogP contribution < -0.4 is 10.9 Å². The lowest BCUT2D eigenvalue weighted by atomic mass is 10.3. The zero-order chi connectivity index (χ0) is 15.0. The van der Waals surface area contributed by atoms with E-state index in [1.807, 2.05) is 12.1 Å². The quantitative estimate of drug-likeness (QED) is 0.803. The van der Waals surface area contributed by atoms with Crippen LogP contribution in [0.2, 0.25) is 0 Å². The van der Waals surface area contributed by atoms with Gasteiger partial charge in [-0.05, 0) is 25.5 Å². The highest BCUT2D eigenvalue weighted by Crippen LogP contribution is 2.21. The number of hydrogen-bond donors (Lipinski definition) is 1. The van der Waals surface area contributed by atoms with Crippen molar-refractivity contribution in [2.24, 2.45) is 0 Å². The van der Waals surface area contributed by atoms with E-state index >= 15 is 0 Å². The summed E-state index contributed by atoms with van der Waals surface area (Å²) in [5.74, 6) is 0.333. The molecule has 3 aromatic rings. The number of anilines is 1. The van der Waals surface area contributed by atoms with Crippen molar-refractivity contribution in [2.75, 3.05) is 5.32 Å². The summed E-state index contributed by atoms with van der Waals surface area (Å²) in [5.41, 5.74) is -0.0497. The van der Waals surface area contributed by atoms with Crippen molar-refractivity contribution in [2.45, 2.75) is 20.3 Å². The van der Waals surface area contributed by atoms with Gasteiger partial charge in [-0.2, -0.15) is 14.6 Å². The second kappa shape index (κ2) is 5.38. The van der Waals surface area contributed by atoms with E-state index in [0.717, 1.165) is 11.3 Å². The Morgan fingerprint density at radius 1 is 1.43 bits per heavy atom. The molecule has 108 valence electrons. The maximum absolute atomic E-state index is 12.2. The van der Waals surface area contributed by atoms with Crippen LogP contribution in [0, 0.1) is 6.92 Å². The van der Waals surface area contributed by atoms with Crippen LogP contribution in [0.3, 0.4) is 0 Å². The molecule has 6 nitrogen and oxygen atoms in total. The van der Waals surface area contributed by atoms with Gasteiger partial charge in [0.15, 0.2) is 0 Å². The SMILES string of the molecule is CCc1ccc(C(=O)Nc2csc3nc(=O)c(C)nn23)s1. The molecule has 3 aromatic heterocycles. The lowest BCUT2D eigenvalue weighted by Gasteiger charge is -2.02. The summed E-state index contributed by atoms with van der Waals surface area (Å²) in [6.07, 6.45) is 0.908. The Labute approximate surface area is 128 Å². The fraction of sp³-hybridized carbons (Fsp3) is 0.231. The third-order valence-corrected chi connectivity index (χ3v) is 4.96. The van der Waals surface area contributed by atoms with Gasteiger partial charge >= 0.3 is 0 Å². The van der Waals surface area contributed by atoms with Crippen LogP contribution in [-0.4, -0.2) is 20.5 Å². The largest absolute Gasteiger partial charge is 0.305 e. The molecule has 0 bridgehead atoms. The first-order chi connectivity index (χ1) is 10.1. The predicted molar refractivity (Wildman–Crippen MR) is 83.5 cm³/mol. The minimum absolute atomic E-state index is 0.183. The lowest BCUT2D eigenvalue weighted by Crippen LogP contribution is -2.17. The van der Waals surface area contributed by atoms with E-state index in [9.17, 15) is 9.59 Å². The van der Waals surface area contributed by atoms with E-state index in [0.29, 0.717) is 21.3 Å². The summed E-state index contributed by atoms with van der Waals surface area (Å²) in [4.78, 5) is 29.9. The monoisotopic (exact) mass is 320 g/mol. The van der Waals surface area contributed by atoms with Crippen LogP contribution in [0.15, 0.2) is 22.3 Å². The van der Waals surface area contributed by atoms with E-state index in [2.05, 4.69) is 22.3 Å². The fourth-order valence-corrected chi connectivity index (χ4v) is 3.39. The molecule has 3 heterocycles. The third-order valence-electron chi connectivity index (χ3n) is 2.92. The number of fused-ring (bicyclic) bond motifs is 1. The number of rotatable bonds is 3. The summed E-state index contributed by atoms with van der Waals surface area (Å²) in [6.45, 7) is 3.65. The number of carbonyl (C=O) groups excluding carboxylic acids is 1. The molecule has 0 aliphatic rings. The molecular weight excluding hydrogens is 308 g/mol. The van der Waals surface area contributed by atoms with Gasteiger partial charge in [0.25, 0.3) is 11.5 Å². The van der Waals surface area contributed by atoms with E-state index < -0.39 is 0 Å². The second-order valence-corrected chi connectivity index (χ2v) is 6.40. The summed E-state index contributed by atoms with van der Waals surface area (Å²) in [5, 5.41) is 8.67. The smallest absolute Gasteiger partial charge is 0.295 e. The fourth-order valence-electron chi connectivity index (χ4n) is 1.79. The Morgan fingerprint density at radius 3 is 2.95 bits per heavy atom. The van der Waals surface area contributed by atoms with Gasteiger partial charge < -0.3 is 5.32 Å². The summed E-state index contributed by atoms with van der Waals surface area (Å²) >= 11 is 2.73. The summed E-state index contributed by atoms with van der Waals surface area (Å²) in [7, 11) is 0. The summed E-state index contributed by atoms with van der Waals surface area (Å²) < 4.78 is 1.48. The first kappa shape index (κ1) is 13.9. The van der Waals surface area contributed by atoms with Crippen LogP contribution >= 0.6 is 22.7 Å². The highest BCUT2D eigenvalue weighted by Gasteiger charge is 2.13. The minimum atomic E-state index is -0.347. The molecule has 0 radical (unpaired) electrons. The van der Waals surface area contributed by atoms with Crippen molar-refractivity contribution in [3.05, 3.63) is 43.3 Å². The Kier molecular flexibility index (Phi) is 3.56. The van der Waals surface area contributed by atoms with Crippen molar-refractivity contribution in [1.82, 2.24) is 14.6 Å². The Bertz CT molecular complexity index is 878. The van der Waals surface area contributed by atoms with Crippen molar-refractivity contribution < 1.29 is 4.79 Å². The molecule has 0 atom stereocenters. The highest BCUT2D eigenvalue weighted by atomic mass is 32.1. The molecule has 21 heavy (non-hydrogen) atoms. The standard InChI is InChI=1S/C13H12N4O2S2/c1-3-8-4-5-9(21-8)12(19)14-10-6-20-13-15-11(18)7(2)16-17(10)13/h4-6H,3H2,1-2H3,(H,14,19). The van der Waals surface area contributed by atoms with Gasteiger partial charge in [-0.1, -0.05) is 6.92 Å². The van der Waals surface area contributed by atoms with Crippen molar-refractivity contribution in [1.29, 1.82) is 0 Å². The zero-order valence-electron chi connectivity index (χ0n) is 11.4. The average Bonchev–Trinajstić information content (AvgIpc) is 3.08. The Balaban J connectivity index is 1.92. The summed E-state index contributed by atoms with van der Waals surface area (Å²) in [6, 6.07) is 3.76. The number of aromatic nitrogens is 3. The molecule has 0 aromatic carbocycles. The van der Waals surface area contributed by atoms with Crippen LogP contribution in [-0.2, 0) is 6.42 Å². The number of aryl methyl sites for hydroxylation is 2. The maximum Gasteiger partial charge on any atom is 0.295 e. The predicted octanol–water partition coefficient (Wildman–Crippen LogP) is 2.34. The number of hydrogen-bond acceptors (Lipinski definition) is 6. The van der Waals surface area contributed by atoms with Crippen LogP contribution in [0.4, 0.5) is 5.82 Å². The molecule has 0 unspecified atom stereocenters. The molecule has 1 N–H and O–H groups in total. The number of thiophene rings is 1. The van der Waals surface area contributed by atoms with Crippen LogP contribution in [0.5, 0.6) is 0 Å². The number of thiazole rings is 1. The molecule has 0 aliphatic carbocycles. The van der Waals surface area contributed by atoms with Gasteiger partial charge in [0, 0.05) is 10.3 Å². The third kappa shape index (κ3) is 2.59. The molecule has 1 amide bonds. The molecule has 8 heteroatoms. The molecule has 0 fully saturated rings. The Morgan fingerprint density at radius 2 is 2.24 bits per heavy atom. The number of nitrogens with zero attached hydrogens (tertiary/aromatic N) is 3. The zero-order valence-corrected chi connectivity index (χ0v) is 13.0. The number of nitrogens with one attached hydrogen (secondary N) is 1. The van der Waals surface area contributed by atoms with Gasteiger partial charge in [0.05, 0.1) is 4.88 Å². The van der Waals surface area contributed by atoms with E-state index in [-0.39, 0.29) is 11.5 Å². The van der Waals surface area contributed by atoms with E-state index in [1.54, 1.807) is 12.3 Å². The van der Waals surface area contributed by atoms with Gasteiger partial charge in [0.1, 0.15) is 11.5 Å². The Hall–Kier alpha value is -2.06. The van der Waals surface area contributed by atoms with Gasteiger partial charge in [0.2, 0.25) is 4.96 Å². The molecular formula is C13H12N4O2S2. The maximum atomic E-state index is 12.2. The topological polar surface area (TPSA) is 76.4 Å². The molecule has 0 saturated carbocycles. The van der Waals surface area contributed by atoms with E-state index in [1.165, 1.54) is 27.2 Å². The van der Waals surface area contributed by atoms with Crippen LogP contribution in [0.1, 0.15) is 27.2 Å². The lowest BCUT2D eigenvalue weighted by molar-refractivity contribution is 0.103. The van der Waals surface area contributed by atoms with Crippen molar-refractivity contribution >= 4 is 39.4 Å². The number of amides is 1. The first-order valence-electron chi connectivity index (χ1n) is 6.33. The first-order valence-corrected chi connectivity index (χ1v) is 8.03. The molecule has 0 saturated heterocycles. The highest BCUT2D eigenvalue weighted by molar-refractivity contribution is 7.15.